The Morgan fingerprint density at radius 1 is 1.70 bits per heavy atom. The van der Waals surface area contributed by atoms with Crippen LogP contribution in [0.3, 0.4) is 0 Å². The van der Waals surface area contributed by atoms with E-state index < -0.39 is 6.23 Å². The van der Waals surface area contributed by atoms with E-state index >= 15 is 0 Å². The summed E-state index contributed by atoms with van der Waals surface area (Å²) in [4.78, 5) is 9.66. The molecular formula is C6H13NO2S. The van der Waals surface area contributed by atoms with Gasteiger partial charge in [-0.3, -0.25) is 0 Å². The highest BCUT2D eigenvalue weighted by atomic mass is 32.2. The molecule has 0 aliphatic carbocycles. The zero-order valence-electron chi connectivity index (χ0n) is 6.12. The molecule has 0 bridgehead atoms. The summed E-state index contributed by atoms with van der Waals surface area (Å²) >= 11 is 1.81. The predicted octanol–water partition coefficient (Wildman–Crippen LogP) is 1.60. The van der Waals surface area contributed by atoms with Crippen LogP contribution in [0, 0.1) is 4.91 Å². The Balaban J connectivity index is 2.95. The molecule has 0 aromatic carbocycles. The van der Waals surface area contributed by atoms with Crippen LogP contribution in [0.15, 0.2) is 5.18 Å². The summed E-state index contributed by atoms with van der Waals surface area (Å²) in [6, 6.07) is 0. The molecule has 0 aliphatic heterocycles. The van der Waals surface area contributed by atoms with Crippen LogP contribution in [0.25, 0.3) is 0 Å². The van der Waals surface area contributed by atoms with Gasteiger partial charge in [-0.1, -0.05) is 6.92 Å². The molecule has 4 heteroatoms. The van der Waals surface area contributed by atoms with Gasteiger partial charge in [0.1, 0.15) is 0 Å². The first-order valence-electron chi connectivity index (χ1n) is 3.39. The maximum atomic E-state index is 9.66. The molecule has 0 aromatic heterocycles. The second kappa shape index (κ2) is 7.02. The van der Waals surface area contributed by atoms with Crippen LogP contribution in [0.4, 0.5) is 0 Å². The average Bonchev–Trinajstić information content (AvgIpc) is 1.98. The Labute approximate surface area is 65.2 Å². The summed E-state index contributed by atoms with van der Waals surface area (Å²) in [6.45, 7) is 2.08. The lowest BCUT2D eigenvalue weighted by Crippen LogP contribution is -2.01. The van der Waals surface area contributed by atoms with Crippen molar-refractivity contribution in [1.29, 1.82) is 0 Å². The molecule has 0 rings (SSSR count). The van der Waals surface area contributed by atoms with E-state index in [1.165, 1.54) is 0 Å². The number of rotatable bonds is 6. The summed E-state index contributed by atoms with van der Waals surface area (Å²) in [6.07, 6.45) is 0.375. The zero-order valence-corrected chi connectivity index (χ0v) is 6.93. The second-order valence-electron chi connectivity index (χ2n) is 1.93. The van der Waals surface area contributed by atoms with Gasteiger partial charge in [-0.2, -0.15) is 11.8 Å². The van der Waals surface area contributed by atoms with Crippen molar-refractivity contribution in [1.82, 2.24) is 0 Å². The zero-order chi connectivity index (χ0) is 7.82. The van der Waals surface area contributed by atoms with E-state index in [-0.39, 0.29) is 0 Å². The van der Waals surface area contributed by atoms with Gasteiger partial charge in [0.2, 0.25) is 0 Å². The SMILES string of the molecule is CCSCCCC(O)N=O. The Morgan fingerprint density at radius 3 is 2.90 bits per heavy atom. The third-order valence-electron chi connectivity index (χ3n) is 1.08. The van der Waals surface area contributed by atoms with Gasteiger partial charge in [-0.25, -0.2) is 0 Å². The molecule has 0 radical (unpaired) electrons. The van der Waals surface area contributed by atoms with Crippen LogP contribution in [-0.2, 0) is 0 Å². The fourth-order valence-corrected chi connectivity index (χ4v) is 1.22. The molecule has 60 valence electrons. The Kier molecular flexibility index (Phi) is 6.96. The van der Waals surface area contributed by atoms with Crippen molar-refractivity contribution in [3.63, 3.8) is 0 Å². The highest BCUT2D eigenvalue weighted by Gasteiger charge is 2.00. The monoisotopic (exact) mass is 163 g/mol. The molecule has 0 heterocycles. The number of hydrogen-bond acceptors (Lipinski definition) is 4. The quantitative estimate of drug-likeness (QED) is 0.478. The van der Waals surface area contributed by atoms with Gasteiger partial charge in [-0.05, 0) is 29.5 Å². The van der Waals surface area contributed by atoms with E-state index in [2.05, 4.69) is 12.1 Å². The minimum atomic E-state index is -0.988. The minimum absolute atomic E-state index is 0.497. The van der Waals surface area contributed by atoms with Gasteiger partial charge in [0, 0.05) is 0 Å². The highest BCUT2D eigenvalue weighted by molar-refractivity contribution is 7.99. The van der Waals surface area contributed by atoms with Gasteiger partial charge >= 0.3 is 0 Å². The molecule has 0 amide bonds. The number of aliphatic hydroxyl groups excluding tert-OH is 1. The van der Waals surface area contributed by atoms with Gasteiger partial charge in [0.15, 0.2) is 6.23 Å². The molecule has 0 spiro atoms. The molecule has 0 fully saturated rings. The van der Waals surface area contributed by atoms with E-state index in [0.717, 1.165) is 17.9 Å². The normalized spacial score (nSPS) is 13.0. The lowest BCUT2D eigenvalue weighted by molar-refractivity contribution is 0.172. The molecule has 1 unspecified atom stereocenters. The van der Waals surface area contributed by atoms with E-state index in [0.29, 0.717) is 6.42 Å². The van der Waals surface area contributed by atoms with Crippen LogP contribution in [0.2, 0.25) is 0 Å². The first-order valence-corrected chi connectivity index (χ1v) is 4.55. The smallest absolute Gasteiger partial charge is 0.186 e. The number of nitroso groups, excluding NO2 is 1. The van der Waals surface area contributed by atoms with Crippen molar-refractivity contribution in [2.75, 3.05) is 11.5 Å². The van der Waals surface area contributed by atoms with Crippen LogP contribution in [-0.4, -0.2) is 22.8 Å². The number of aliphatic hydroxyl groups is 1. The van der Waals surface area contributed by atoms with E-state index in [1.54, 1.807) is 11.8 Å². The summed E-state index contributed by atoms with van der Waals surface area (Å²) in [5.41, 5.74) is 0. The third-order valence-corrected chi connectivity index (χ3v) is 2.06. The lowest BCUT2D eigenvalue weighted by atomic mass is 10.3. The summed E-state index contributed by atoms with van der Waals surface area (Å²) < 4.78 is 0. The molecule has 10 heavy (non-hydrogen) atoms. The number of thioether (sulfide) groups is 1. The van der Waals surface area contributed by atoms with Crippen LogP contribution in [0.5, 0.6) is 0 Å². The maximum Gasteiger partial charge on any atom is 0.186 e. The third kappa shape index (κ3) is 6.04. The van der Waals surface area contributed by atoms with E-state index in [1.807, 2.05) is 0 Å². The second-order valence-corrected chi connectivity index (χ2v) is 3.32. The van der Waals surface area contributed by atoms with Crippen molar-refractivity contribution in [3.8, 4) is 0 Å². The summed E-state index contributed by atoms with van der Waals surface area (Å²) in [5, 5.41) is 11.2. The van der Waals surface area contributed by atoms with Gasteiger partial charge in [0.25, 0.3) is 0 Å². The Morgan fingerprint density at radius 2 is 2.40 bits per heavy atom. The van der Waals surface area contributed by atoms with Crippen LogP contribution in [0.1, 0.15) is 19.8 Å². The Hall–Kier alpha value is -0.0900. The maximum absolute atomic E-state index is 9.66. The molecular weight excluding hydrogens is 150 g/mol. The van der Waals surface area contributed by atoms with Crippen molar-refractivity contribution in [2.45, 2.75) is 26.0 Å². The van der Waals surface area contributed by atoms with Gasteiger partial charge in [0.05, 0.1) is 0 Å². The summed E-state index contributed by atoms with van der Waals surface area (Å²) in [7, 11) is 0. The van der Waals surface area contributed by atoms with Gasteiger partial charge < -0.3 is 5.11 Å². The number of nitrogens with zero attached hydrogens (tertiary/aromatic N) is 1. The lowest BCUT2D eigenvalue weighted by Gasteiger charge is -1.99. The van der Waals surface area contributed by atoms with Crippen molar-refractivity contribution in [2.24, 2.45) is 5.18 Å². The highest BCUT2D eigenvalue weighted by Crippen LogP contribution is 2.05. The standard InChI is InChI=1S/C6H13NO2S/c1-2-10-5-3-4-6(8)7-9/h6,8H,2-5H2,1H3. The van der Waals surface area contributed by atoms with Crippen molar-refractivity contribution >= 4 is 11.8 Å². The molecule has 1 N–H and O–H groups in total. The first-order chi connectivity index (χ1) is 4.81. The number of hydrogen-bond donors (Lipinski definition) is 1. The molecule has 3 nitrogen and oxygen atoms in total. The average molecular weight is 163 g/mol. The fourth-order valence-electron chi connectivity index (χ4n) is 0.565. The molecule has 0 saturated carbocycles. The van der Waals surface area contributed by atoms with Crippen molar-refractivity contribution < 1.29 is 5.11 Å². The van der Waals surface area contributed by atoms with E-state index in [9.17, 15) is 4.91 Å². The largest absolute Gasteiger partial charge is 0.369 e. The van der Waals surface area contributed by atoms with Crippen LogP contribution >= 0.6 is 11.8 Å². The molecule has 0 aliphatic rings. The molecule has 1 atom stereocenters. The topological polar surface area (TPSA) is 49.7 Å². The van der Waals surface area contributed by atoms with Gasteiger partial charge in [-0.15, -0.1) is 4.91 Å². The Bertz CT molecular complexity index is 89.8. The van der Waals surface area contributed by atoms with Crippen molar-refractivity contribution in [3.05, 3.63) is 4.91 Å². The molecule has 0 saturated heterocycles. The van der Waals surface area contributed by atoms with Crippen LogP contribution < -0.4 is 0 Å². The molecule has 0 aromatic rings. The summed E-state index contributed by atoms with van der Waals surface area (Å²) in [5.74, 6) is 2.09. The minimum Gasteiger partial charge on any atom is -0.369 e. The first kappa shape index (κ1) is 9.91. The fraction of sp³-hybridized carbons (Fsp3) is 1.00. The van der Waals surface area contributed by atoms with E-state index in [4.69, 9.17) is 5.11 Å². The predicted molar refractivity (Wildman–Crippen MR) is 44.0 cm³/mol.